The van der Waals surface area contributed by atoms with Gasteiger partial charge in [-0.15, -0.1) is 0 Å². The molecule has 0 aliphatic heterocycles. The number of aryl methyl sites for hydroxylation is 1. The highest BCUT2D eigenvalue weighted by molar-refractivity contribution is 5.72. The minimum absolute atomic E-state index is 0.0525. The van der Waals surface area contributed by atoms with Crippen LogP contribution in [-0.4, -0.2) is 19.6 Å². The van der Waals surface area contributed by atoms with Crippen LogP contribution in [0.2, 0.25) is 0 Å². The number of hydrogen-bond donors (Lipinski definition) is 1. The number of benzene rings is 1. The summed E-state index contributed by atoms with van der Waals surface area (Å²) in [5.41, 5.74) is 2.85. The van der Waals surface area contributed by atoms with Crippen molar-refractivity contribution in [3.63, 3.8) is 0 Å². The zero-order valence-electron chi connectivity index (χ0n) is 11.2. The number of carbonyl (C=O) groups excluding carboxylic acids is 1. The van der Waals surface area contributed by atoms with Crippen molar-refractivity contribution >= 4 is 5.91 Å². The number of methoxy groups -OCH3 is 1. The Morgan fingerprint density at radius 3 is 3.06 bits per heavy atom. The molecule has 0 radical (unpaired) electrons. The van der Waals surface area contributed by atoms with Crippen molar-refractivity contribution in [3.8, 4) is 5.75 Å². The Morgan fingerprint density at radius 2 is 2.33 bits per heavy atom. The lowest BCUT2D eigenvalue weighted by Crippen LogP contribution is -2.23. The predicted molar refractivity (Wildman–Crippen MR) is 72.0 cm³/mol. The van der Waals surface area contributed by atoms with Crippen LogP contribution in [0.25, 0.3) is 0 Å². The highest BCUT2D eigenvalue weighted by Gasteiger charge is 2.20. The second kappa shape index (κ2) is 5.89. The van der Waals surface area contributed by atoms with E-state index in [9.17, 15) is 4.79 Å². The molecule has 0 aromatic heterocycles. The van der Waals surface area contributed by atoms with Crippen LogP contribution in [0.4, 0.5) is 0 Å². The fraction of sp³-hybridized carbons (Fsp3) is 0.533. The first-order valence-corrected chi connectivity index (χ1v) is 6.62. The van der Waals surface area contributed by atoms with Crippen molar-refractivity contribution in [3.05, 3.63) is 29.3 Å². The molecule has 3 heteroatoms. The summed E-state index contributed by atoms with van der Waals surface area (Å²) in [4.78, 5) is 10.9. The molecular weight excluding hydrogens is 226 g/mol. The lowest BCUT2D eigenvalue weighted by molar-refractivity contribution is -0.118. The molecule has 0 bridgehead atoms. The van der Waals surface area contributed by atoms with Crippen LogP contribution in [0.1, 0.15) is 43.2 Å². The summed E-state index contributed by atoms with van der Waals surface area (Å²) in [5, 5.41) is 2.88. The van der Waals surface area contributed by atoms with Gasteiger partial charge in [-0.05, 0) is 54.9 Å². The number of hydrogen-bond acceptors (Lipinski definition) is 2. The van der Waals surface area contributed by atoms with E-state index in [4.69, 9.17) is 4.74 Å². The number of rotatable bonds is 4. The van der Waals surface area contributed by atoms with E-state index in [1.165, 1.54) is 24.0 Å². The van der Waals surface area contributed by atoms with Gasteiger partial charge in [0.15, 0.2) is 0 Å². The van der Waals surface area contributed by atoms with Crippen LogP contribution in [0, 0.1) is 0 Å². The first-order chi connectivity index (χ1) is 8.70. The van der Waals surface area contributed by atoms with Gasteiger partial charge < -0.3 is 10.1 Å². The highest BCUT2D eigenvalue weighted by atomic mass is 16.5. The maximum absolute atomic E-state index is 10.9. The van der Waals surface area contributed by atoms with Gasteiger partial charge in [0.25, 0.3) is 0 Å². The first kappa shape index (κ1) is 12.9. The van der Waals surface area contributed by atoms with Gasteiger partial charge in [-0.3, -0.25) is 4.79 Å². The van der Waals surface area contributed by atoms with Crippen molar-refractivity contribution in [2.24, 2.45) is 0 Å². The molecule has 0 saturated carbocycles. The van der Waals surface area contributed by atoms with E-state index < -0.39 is 0 Å². The normalized spacial score (nSPS) is 18.0. The second-order valence-electron chi connectivity index (χ2n) is 4.93. The van der Waals surface area contributed by atoms with Crippen molar-refractivity contribution in [1.82, 2.24) is 5.32 Å². The number of amides is 1. The van der Waals surface area contributed by atoms with E-state index in [0.717, 1.165) is 25.1 Å². The number of ether oxygens (including phenoxy) is 1. The van der Waals surface area contributed by atoms with E-state index in [1.807, 2.05) is 6.07 Å². The lowest BCUT2D eigenvalue weighted by Gasteiger charge is -2.26. The molecule has 1 aliphatic rings. The average Bonchev–Trinajstić information content (AvgIpc) is 2.38. The summed E-state index contributed by atoms with van der Waals surface area (Å²) in [5.74, 6) is 1.53. The Balaban J connectivity index is 2.08. The highest BCUT2D eigenvalue weighted by Crippen LogP contribution is 2.35. The molecule has 0 saturated heterocycles. The molecule has 98 valence electrons. The third-order valence-corrected chi connectivity index (χ3v) is 3.66. The average molecular weight is 247 g/mol. The smallest absolute Gasteiger partial charge is 0.216 e. The molecule has 1 aromatic carbocycles. The molecule has 2 rings (SSSR count). The van der Waals surface area contributed by atoms with Crippen molar-refractivity contribution in [2.75, 3.05) is 13.7 Å². The fourth-order valence-corrected chi connectivity index (χ4v) is 2.72. The Kier molecular flexibility index (Phi) is 4.24. The van der Waals surface area contributed by atoms with Crippen molar-refractivity contribution in [2.45, 2.75) is 38.5 Å². The van der Waals surface area contributed by atoms with Crippen LogP contribution in [-0.2, 0) is 11.2 Å². The zero-order chi connectivity index (χ0) is 13.0. The molecule has 0 fully saturated rings. The summed E-state index contributed by atoms with van der Waals surface area (Å²) in [6, 6.07) is 6.38. The molecule has 18 heavy (non-hydrogen) atoms. The SMILES string of the molecule is COc1ccc2c(c1)[C@@H](CCNC(C)=O)CCC2. The van der Waals surface area contributed by atoms with E-state index >= 15 is 0 Å². The van der Waals surface area contributed by atoms with Gasteiger partial charge in [-0.2, -0.15) is 0 Å². The van der Waals surface area contributed by atoms with Gasteiger partial charge in [0, 0.05) is 13.5 Å². The molecule has 0 heterocycles. The fourth-order valence-electron chi connectivity index (χ4n) is 2.72. The van der Waals surface area contributed by atoms with E-state index in [1.54, 1.807) is 14.0 Å². The standard InChI is InChI=1S/C15H21NO2/c1-11(17)16-9-8-13-5-3-4-12-6-7-14(18-2)10-15(12)13/h6-7,10,13H,3-5,8-9H2,1-2H3,(H,16,17)/t13-/m1/s1. The largest absolute Gasteiger partial charge is 0.497 e. The molecule has 1 amide bonds. The van der Waals surface area contributed by atoms with Crippen LogP contribution in [0.3, 0.4) is 0 Å². The molecule has 3 nitrogen and oxygen atoms in total. The molecule has 0 unspecified atom stereocenters. The van der Waals surface area contributed by atoms with E-state index in [0.29, 0.717) is 5.92 Å². The number of fused-ring (bicyclic) bond motifs is 1. The molecule has 1 aliphatic carbocycles. The molecule has 1 atom stereocenters. The van der Waals surface area contributed by atoms with Gasteiger partial charge in [0.2, 0.25) is 5.91 Å². The summed E-state index contributed by atoms with van der Waals surface area (Å²) in [6.07, 6.45) is 4.62. The van der Waals surface area contributed by atoms with Crippen molar-refractivity contribution < 1.29 is 9.53 Å². The third kappa shape index (κ3) is 3.03. The van der Waals surface area contributed by atoms with Crippen LogP contribution in [0.15, 0.2) is 18.2 Å². The molecule has 0 spiro atoms. The van der Waals surface area contributed by atoms with Crippen LogP contribution >= 0.6 is 0 Å². The lowest BCUT2D eigenvalue weighted by atomic mass is 9.81. The monoisotopic (exact) mass is 247 g/mol. The number of carbonyl (C=O) groups is 1. The van der Waals surface area contributed by atoms with Gasteiger partial charge in [-0.1, -0.05) is 6.07 Å². The minimum Gasteiger partial charge on any atom is -0.497 e. The Hall–Kier alpha value is -1.51. The minimum atomic E-state index is 0.0525. The van der Waals surface area contributed by atoms with Gasteiger partial charge in [0.1, 0.15) is 5.75 Å². The van der Waals surface area contributed by atoms with E-state index in [2.05, 4.69) is 17.4 Å². The zero-order valence-corrected chi connectivity index (χ0v) is 11.2. The Morgan fingerprint density at radius 1 is 1.50 bits per heavy atom. The van der Waals surface area contributed by atoms with Gasteiger partial charge in [0.05, 0.1) is 7.11 Å². The summed E-state index contributed by atoms with van der Waals surface area (Å²) in [7, 11) is 1.71. The molecule has 1 aromatic rings. The van der Waals surface area contributed by atoms with Gasteiger partial charge >= 0.3 is 0 Å². The Bertz CT molecular complexity index is 429. The summed E-state index contributed by atoms with van der Waals surface area (Å²) in [6.45, 7) is 2.33. The van der Waals surface area contributed by atoms with Crippen LogP contribution < -0.4 is 10.1 Å². The molecular formula is C15H21NO2. The topological polar surface area (TPSA) is 38.3 Å². The summed E-state index contributed by atoms with van der Waals surface area (Å²) >= 11 is 0. The second-order valence-corrected chi connectivity index (χ2v) is 4.93. The third-order valence-electron chi connectivity index (χ3n) is 3.66. The van der Waals surface area contributed by atoms with Crippen LogP contribution in [0.5, 0.6) is 5.75 Å². The first-order valence-electron chi connectivity index (χ1n) is 6.62. The quantitative estimate of drug-likeness (QED) is 0.888. The maximum atomic E-state index is 10.9. The van der Waals surface area contributed by atoms with Crippen molar-refractivity contribution in [1.29, 1.82) is 0 Å². The predicted octanol–water partition coefficient (Wildman–Crippen LogP) is 2.64. The van der Waals surface area contributed by atoms with E-state index in [-0.39, 0.29) is 5.91 Å². The van der Waals surface area contributed by atoms with Gasteiger partial charge in [-0.25, -0.2) is 0 Å². The maximum Gasteiger partial charge on any atom is 0.216 e. The molecule has 1 N–H and O–H groups in total. The Labute approximate surface area is 109 Å². The summed E-state index contributed by atoms with van der Waals surface area (Å²) < 4.78 is 5.30. The number of nitrogens with one attached hydrogen (secondary N) is 1.